The van der Waals surface area contributed by atoms with Crippen molar-refractivity contribution in [1.29, 1.82) is 0 Å². The van der Waals surface area contributed by atoms with E-state index < -0.39 is 10.0 Å². The highest BCUT2D eigenvalue weighted by molar-refractivity contribution is 7.89. The van der Waals surface area contributed by atoms with Crippen molar-refractivity contribution in [3.8, 4) is 0 Å². The minimum absolute atomic E-state index is 0.0686. The number of hydrogen-bond acceptors (Lipinski definition) is 3. The summed E-state index contributed by atoms with van der Waals surface area (Å²) >= 11 is 5.80. The van der Waals surface area contributed by atoms with Crippen LogP contribution >= 0.6 is 11.6 Å². The van der Waals surface area contributed by atoms with E-state index in [4.69, 9.17) is 16.3 Å². The fraction of sp³-hybridized carbons (Fsp3) is 1.00. The van der Waals surface area contributed by atoms with Gasteiger partial charge in [0.2, 0.25) is 10.0 Å². The molecule has 1 aliphatic heterocycles. The van der Waals surface area contributed by atoms with Gasteiger partial charge in [-0.15, -0.1) is 11.6 Å². The van der Waals surface area contributed by atoms with Crippen molar-refractivity contribution in [2.24, 2.45) is 0 Å². The Morgan fingerprint density at radius 3 is 2.50 bits per heavy atom. The van der Waals surface area contributed by atoms with Crippen LogP contribution in [0.5, 0.6) is 0 Å². The number of halogens is 1. The molecule has 2 aliphatic rings. The number of nitrogens with zero attached hydrogens (tertiary/aromatic N) is 1. The first kappa shape index (κ1) is 14.6. The molecule has 2 atom stereocenters. The van der Waals surface area contributed by atoms with Crippen LogP contribution in [0.3, 0.4) is 0 Å². The Morgan fingerprint density at radius 2 is 1.89 bits per heavy atom. The highest BCUT2D eigenvalue weighted by Crippen LogP contribution is 2.28. The topological polar surface area (TPSA) is 46.6 Å². The number of ether oxygens (including phenoxy) is 1. The van der Waals surface area contributed by atoms with E-state index in [1.54, 1.807) is 4.31 Å². The van der Waals surface area contributed by atoms with Crippen molar-refractivity contribution in [2.45, 2.75) is 56.5 Å². The fourth-order valence-electron chi connectivity index (χ4n) is 2.87. The van der Waals surface area contributed by atoms with Gasteiger partial charge in [0, 0.05) is 19.0 Å². The number of hydrogen-bond donors (Lipinski definition) is 0. The Kier molecular flexibility index (Phi) is 4.92. The zero-order valence-electron chi connectivity index (χ0n) is 10.8. The van der Waals surface area contributed by atoms with E-state index in [-0.39, 0.29) is 17.5 Å². The fourth-order valence-corrected chi connectivity index (χ4v) is 5.18. The molecule has 18 heavy (non-hydrogen) atoms. The minimum atomic E-state index is -3.17. The van der Waals surface area contributed by atoms with Crippen molar-refractivity contribution >= 4 is 21.6 Å². The van der Waals surface area contributed by atoms with Crippen molar-refractivity contribution in [1.82, 2.24) is 4.31 Å². The van der Waals surface area contributed by atoms with Gasteiger partial charge in [-0.2, -0.15) is 4.31 Å². The molecule has 0 bridgehead atoms. The largest absolute Gasteiger partial charge is 0.371 e. The molecule has 1 aliphatic carbocycles. The zero-order chi connectivity index (χ0) is 13.2. The molecule has 4 nitrogen and oxygen atoms in total. The van der Waals surface area contributed by atoms with Gasteiger partial charge in [0.15, 0.2) is 0 Å². The van der Waals surface area contributed by atoms with Gasteiger partial charge >= 0.3 is 0 Å². The van der Waals surface area contributed by atoms with Gasteiger partial charge in [0.1, 0.15) is 0 Å². The van der Waals surface area contributed by atoms with Gasteiger partial charge in [-0.1, -0.05) is 19.3 Å². The molecule has 106 valence electrons. The van der Waals surface area contributed by atoms with E-state index in [1.165, 1.54) is 0 Å². The lowest BCUT2D eigenvalue weighted by atomic mass is 10.0. The number of morpholine rings is 1. The van der Waals surface area contributed by atoms with Gasteiger partial charge in [0.25, 0.3) is 0 Å². The third-order valence-corrected chi connectivity index (χ3v) is 6.47. The number of sulfonamides is 1. The average molecular weight is 296 g/mol. The lowest BCUT2D eigenvalue weighted by Gasteiger charge is -2.37. The molecule has 2 fully saturated rings. The summed E-state index contributed by atoms with van der Waals surface area (Å²) in [5, 5.41) is -0.187. The Hall–Kier alpha value is 0.160. The molecule has 0 aromatic heterocycles. The van der Waals surface area contributed by atoms with E-state index in [2.05, 4.69) is 0 Å². The van der Waals surface area contributed by atoms with Gasteiger partial charge in [-0.3, -0.25) is 0 Å². The highest BCUT2D eigenvalue weighted by atomic mass is 35.5. The van der Waals surface area contributed by atoms with Crippen LogP contribution in [0.4, 0.5) is 0 Å². The Labute approximate surface area is 115 Å². The lowest BCUT2D eigenvalue weighted by Crippen LogP contribution is -2.52. The van der Waals surface area contributed by atoms with Crippen LogP contribution in [0.25, 0.3) is 0 Å². The Morgan fingerprint density at radius 1 is 1.22 bits per heavy atom. The molecule has 0 amide bonds. The summed E-state index contributed by atoms with van der Waals surface area (Å²) in [7, 11) is -3.17. The standard InChI is InChI=1S/C12H22ClNO3S/c1-10-8-14(9-11(7-13)17-10)18(15,16)12-5-3-2-4-6-12/h10-12H,2-9H2,1H3. The van der Waals surface area contributed by atoms with Crippen LogP contribution in [0.2, 0.25) is 0 Å². The maximum absolute atomic E-state index is 12.6. The van der Waals surface area contributed by atoms with Crippen LogP contribution in [-0.2, 0) is 14.8 Å². The third-order valence-electron chi connectivity index (χ3n) is 3.80. The van der Waals surface area contributed by atoms with Crippen LogP contribution in [0, 0.1) is 0 Å². The second-order valence-corrected chi connectivity index (χ2v) is 7.87. The maximum Gasteiger partial charge on any atom is 0.217 e. The molecule has 2 rings (SSSR count). The summed E-state index contributed by atoms with van der Waals surface area (Å²) in [6.45, 7) is 2.78. The Bertz CT molecular complexity index is 368. The first-order valence-electron chi connectivity index (χ1n) is 6.74. The maximum atomic E-state index is 12.6. The summed E-state index contributed by atoms with van der Waals surface area (Å²) in [5.41, 5.74) is 0. The highest BCUT2D eigenvalue weighted by Gasteiger charge is 2.37. The predicted octanol–water partition coefficient (Wildman–Crippen LogP) is 1.98. The van der Waals surface area contributed by atoms with E-state index in [0.29, 0.717) is 19.0 Å². The number of alkyl halides is 1. The molecular weight excluding hydrogens is 274 g/mol. The molecule has 0 aromatic carbocycles. The van der Waals surface area contributed by atoms with Crippen molar-refractivity contribution in [3.05, 3.63) is 0 Å². The molecule has 1 saturated heterocycles. The van der Waals surface area contributed by atoms with Crippen molar-refractivity contribution in [2.75, 3.05) is 19.0 Å². The van der Waals surface area contributed by atoms with E-state index in [0.717, 1.165) is 32.1 Å². The van der Waals surface area contributed by atoms with Gasteiger partial charge in [-0.05, 0) is 19.8 Å². The van der Waals surface area contributed by atoms with Crippen molar-refractivity contribution in [3.63, 3.8) is 0 Å². The van der Waals surface area contributed by atoms with Crippen LogP contribution in [-0.4, -0.2) is 49.2 Å². The molecule has 0 radical (unpaired) electrons. The molecule has 2 unspecified atom stereocenters. The van der Waals surface area contributed by atoms with Crippen molar-refractivity contribution < 1.29 is 13.2 Å². The Balaban J connectivity index is 2.08. The predicted molar refractivity (Wildman–Crippen MR) is 72.4 cm³/mol. The van der Waals surface area contributed by atoms with Crippen LogP contribution in [0.15, 0.2) is 0 Å². The smallest absolute Gasteiger partial charge is 0.217 e. The summed E-state index contributed by atoms with van der Waals surface area (Å²) in [6.07, 6.45) is 4.59. The summed E-state index contributed by atoms with van der Waals surface area (Å²) in [4.78, 5) is 0. The second-order valence-electron chi connectivity index (χ2n) is 5.34. The first-order valence-corrected chi connectivity index (χ1v) is 8.78. The quantitative estimate of drug-likeness (QED) is 0.748. The lowest BCUT2D eigenvalue weighted by molar-refractivity contribution is -0.0426. The summed E-state index contributed by atoms with van der Waals surface area (Å²) < 4.78 is 32.4. The summed E-state index contributed by atoms with van der Waals surface area (Å²) in [6, 6.07) is 0. The van der Waals surface area contributed by atoms with Gasteiger partial charge in [0.05, 0.1) is 17.5 Å². The molecule has 1 saturated carbocycles. The van der Waals surface area contributed by atoms with Crippen LogP contribution < -0.4 is 0 Å². The van der Waals surface area contributed by atoms with Crippen LogP contribution in [0.1, 0.15) is 39.0 Å². The van der Waals surface area contributed by atoms with E-state index in [9.17, 15) is 8.42 Å². The van der Waals surface area contributed by atoms with E-state index >= 15 is 0 Å². The number of rotatable bonds is 3. The third kappa shape index (κ3) is 3.18. The minimum Gasteiger partial charge on any atom is -0.371 e. The summed E-state index contributed by atoms with van der Waals surface area (Å²) in [5.74, 6) is 0.348. The molecule has 0 aromatic rings. The zero-order valence-corrected chi connectivity index (χ0v) is 12.4. The second kappa shape index (κ2) is 6.07. The first-order chi connectivity index (χ1) is 8.54. The average Bonchev–Trinajstić information content (AvgIpc) is 2.39. The molecular formula is C12H22ClNO3S. The SMILES string of the molecule is CC1CN(S(=O)(=O)C2CCCCC2)CC(CCl)O1. The molecule has 0 N–H and O–H groups in total. The normalized spacial score (nSPS) is 32.6. The molecule has 6 heteroatoms. The molecule has 0 spiro atoms. The monoisotopic (exact) mass is 295 g/mol. The van der Waals surface area contributed by atoms with E-state index in [1.807, 2.05) is 6.92 Å². The molecule has 1 heterocycles. The van der Waals surface area contributed by atoms with Gasteiger partial charge < -0.3 is 4.74 Å². The van der Waals surface area contributed by atoms with Gasteiger partial charge in [-0.25, -0.2) is 8.42 Å².